The Hall–Kier alpha value is -1.42. The van der Waals surface area contributed by atoms with Crippen molar-refractivity contribution >= 4 is 10.0 Å². The van der Waals surface area contributed by atoms with Crippen LogP contribution in [0.3, 0.4) is 0 Å². The van der Waals surface area contributed by atoms with Crippen LogP contribution >= 0.6 is 0 Å². The van der Waals surface area contributed by atoms with Crippen LogP contribution in [0, 0.1) is 18.3 Å². The van der Waals surface area contributed by atoms with Crippen LogP contribution < -0.4 is 4.72 Å². The molecule has 1 aromatic rings. The number of hydrogen-bond acceptors (Lipinski definition) is 4. The fourth-order valence-corrected chi connectivity index (χ4v) is 4.06. The monoisotopic (exact) mass is 294 g/mol. The van der Waals surface area contributed by atoms with Crippen LogP contribution in [0.25, 0.3) is 0 Å². The lowest BCUT2D eigenvalue weighted by molar-refractivity contribution is 0.101. The smallest absolute Gasteiger partial charge is 0.241 e. The molecular weight excluding hydrogens is 276 g/mol. The van der Waals surface area contributed by atoms with Crippen LogP contribution in [-0.2, 0) is 10.0 Å². The lowest BCUT2D eigenvalue weighted by atomic mass is 9.93. The summed E-state index contributed by atoms with van der Waals surface area (Å²) in [6.45, 7) is 1.66. The molecule has 1 fully saturated rings. The van der Waals surface area contributed by atoms with Gasteiger partial charge >= 0.3 is 0 Å². The summed E-state index contributed by atoms with van der Waals surface area (Å²) in [6.07, 6.45) is 2.48. The third-order valence-electron chi connectivity index (χ3n) is 3.63. The molecule has 2 atom stereocenters. The molecule has 20 heavy (non-hydrogen) atoms. The Bertz CT molecular complexity index is 634. The molecule has 0 saturated heterocycles. The summed E-state index contributed by atoms with van der Waals surface area (Å²) in [5.41, 5.74) is 0.959. The number of aryl methyl sites for hydroxylation is 1. The second kappa shape index (κ2) is 5.92. The minimum atomic E-state index is -3.67. The van der Waals surface area contributed by atoms with E-state index in [9.17, 15) is 13.5 Å². The highest BCUT2D eigenvalue weighted by atomic mass is 32.2. The molecule has 1 aromatic carbocycles. The van der Waals surface area contributed by atoms with E-state index < -0.39 is 22.2 Å². The van der Waals surface area contributed by atoms with Crippen LogP contribution in [0.15, 0.2) is 23.1 Å². The summed E-state index contributed by atoms with van der Waals surface area (Å²) in [5.74, 6) is 0. The van der Waals surface area contributed by atoms with Crippen molar-refractivity contribution in [3.63, 3.8) is 0 Å². The average Bonchev–Trinajstić information content (AvgIpc) is 2.40. The maximum absolute atomic E-state index is 12.4. The molecule has 108 valence electrons. The first-order valence-electron chi connectivity index (χ1n) is 6.65. The van der Waals surface area contributed by atoms with Crippen molar-refractivity contribution in [1.29, 1.82) is 5.26 Å². The van der Waals surface area contributed by atoms with E-state index in [-0.39, 0.29) is 4.90 Å². The van der Waals surface area contributed by atoms with E-state index in [0.29, 0.717) is 24.0 Å². The predicted molar refractivity (Wildman–Crippen MR) is 74.5 cm³/mol. The quantitative estimate of drug-likeness (QED) is 0.882. The molecule has 0 aliphatic heterocycles. The van der Waals surface area contributed by atoms with Crippen molar-refractivity contribution < 1.29 is 13.5 Å². The first-order chi connectivity index (χ1) is 9.44. The Labute approximate surface area is 119 Å². The molecule has 1 aliphatic carbocycles. The lowest BCUT2D eigenvalue weighted by Crippen LogP contribution is -2.45. The van der Waals surface area contributed by atoms with Gasteiger partial charge < -0.3 is 5.11 Å². The Balaban J connectivity index is 2.24. The Morgan fingerprint density at radius 2 is 2.05 bits per heavy atom. The van der Waals surface area contributed by atoms with Gasteiger partial charge in [0.05, 0.1) is 22.6 Å². The maximum Gasteiger partial charge on any atom is 0.241 e. The zero-order chi connectivity index (χ0) is 14.8. The fourth-order valence-electron chi connectivity index (χ4n) is 2.53. The van der Waals surface area contributed by atoms with Gasteiger partial charge in [0.1, 0.15) is 0 Å². The summed E-state index contributed by atoms with van der Waals surface area (Å²) in [6, 6.07) is 6.02. The van der Waals surface area contributed by atoms with Crippen molar-refractivity contribution in [2.45, 2.75) is 49.6 Å². The molecule has 1 saturated carbocycles. The number of rotatable bonds is 3. The molecule has 2 N–H and O–H groups in total. The van der Waals surface area contributed by atoms with Gasteiger partial charge in [0.15, 0.2) is 0 Å². The van der Waals surface area contributed by atoms with Gasteiger partial charge in [0.2, 0.25) is 10.0 Å². The molecule has 0 radical (unpaired) electrons. The number of aliphatic hydroxyl groups is 1. The summed E-state index contributed by atoms with van der Waals surface area (Å²) >= 11 is 0. The summed E-state index contributed by atoms with van der Waals surface area (Å²) in [4.78, 5) is 0.161. The molecule has 0 amide bonds. The average molecular weight is 294 g/mol. The molecule has 0 unspecified atom stereocenters. The Morgan fingerprint density at radius 1 is 1.35 bits per heavy atom. The summed E-state index contributed by atoms with van der Waals surface area (Å²) in [5, 5.41) is 18.7. The lowest BCUT2D eigenvalue weighted by Gasteiger charge is -2.28. The van der Waals surface area contributed by atoms with E-state index in [0.717, 1.165) is 12.8 Å². The van der Waals surface area contributed by atoms with Crippen LogP contribution in [0.5, 0.6) is 0 Å². The highest BCUT2D eigenvalue weighted by molar-refractivity contribution is 7.89. The van der Waals surface area contributed by atoms with Gasteiger partial charge in [-0.2, -0.15) is 5.26 Å². The van der Waals surface area contributed by atoms with E-state index in [1.165, 1.54) is 12.1 Å². The second-order valence-electron chi connectivity index (χ2n) is 5.17. The largest absolute Gasteiger partial charge is 0.391 e. The number of nitrogens with zero attached hydrogens (tertiary/aromatic N) is 1. The predicted octanol–water partition coefficient (Wildman–Crippen LogP) is 1.45. The van der Waals surface area contributed by atoms with Crippen LogP contribution in [0.4, 0.5) is 0 Å². The highest BCUT2D eigenvalue weighted by Gasteiger charge is 2.28. The zero-order valence-corrected chi connectivity index (χ0v) is 12.2. The van der Waals surface area contributed by atoms with Crippen LogP contribution in [0.1, 0.15) is 36.8 Å². The first kappa shape index (κ1) is 15.0. The maximum atomic E-state index is 12.4. The molecule has 5 nitrogen and oxygen atoms in total. The molecule has 0 heterocycles. The van der Waals surface area contributed by atoms with Crippen LogP contribution in [0.2, 0.25) is 0 Å². The van der Waals surface area contributed by atoms with Gasteiger partial charge in [0.25, 0.3) is 0 Å². The van der Waals surface area contributed by atoms with Gasteiger partial charge in [-0.25, -0.2) is 13.1 Å². The van der Waals surface area contributed by atoms with Gasteiger partial charge in [-0.1, -0.05) is 12.8 Å². The van der Waals surface area contributed by atoms with Crippen molar-refractivity contribution in [2.24, 2.45) is 0 Å². The number of nitriles is 1. The normalized spacial score (nSPS) is 23.2. The third-order valence-corrected chi connectivity index (χ3v) is 5.28. The van der Waals surface area contributed by atoms with Gasteiger partial charge in [0, 0.05) is 6.04 Å². The minimum Gasteiger partial charge on any atom is -0.391 e. The molecule has 6 heteroatoms. The Kier molecular flexibility index (Phi) is 4.43. The zero-order valence-electron chi connectivity index (χ0n) is 11.3. The molecule has 0 aromatic heterocycles. The number of aliphatic hydroxyl groups excluding tert-OH is 1. The van der Waals surface area contributed by atoms with Crippen molar-refractivity contribution in [1.82, 2.24) is 4.72 Å². The van der Waals surface area contributed by atoms with Gasteiger partial charge in [-0.05, 0) is 43.5 Å². The van der Waals surface area contributed by atoms with Crippen molar-refractivity contribution in [2.75, 3.05) is 0 Å². The van der Waals surface area contributed by atoms with E-state index >= 15 is 0 Å². The van der Waals surface area contributed by atoms with E-state index in [1.54, 1.807) is 13.0 Å². The van der Waals surface area contributed by atoms with E-state index in [2.05, 4.69) is 4.72 Å². The molecular formula is C14H18N2O3S. The molecule has 0 bridgehead atoms. The second-order valence-corrected chi connectivity index (χ2v) is 6.85. The van der Waals surface area contributed by atoms with Gasteiger partial charge in [-0.15, -0.1) is 0 Å². The SMILES string of the molecule is Cc1cc(C#N)ccc1S(=O)(=O)N[C@H]1CCCC[C@@H]1O. The molecule has 1 aliphatic rings. The summed E-state index contributed by atoms with van der Waals surface area (Å²) < 4.78 is 27.3. The van der Waals surface area contributed by atoms with Crippen molar-refractivity contribution in [3.05, 3.63) is 29.3 Å². The van der Waals surface area contributed by atoms with Gasteiger partial charge in [-0.3, -0.25) is 0 Å². The van der Waals surface area contributed by atoms with Crippen molar-refractivity contribution in [3.8, 4) is 6.07 Å². The number of benzene rings is 1. The highest BCUT2D eigenvalue weighted by Crippen LogP contribution is 2.22. The molecule has 2 rings (SSSR count). The standard InChI is InChI=1S/C14H18N2O3S/c1-10-8-11(9-15)6-7-14(10)20(18,19)16-12-4-2-3-5-13(12)17/h6-8,12-13,16-17H,2-5H2,1H3/t12-,13-/m0/s1. The van der Waals surface area contributed by atoms with E-state index in [4.69, 9.17) is 5.26 Å². The molecule has 0 spiro atoms. The number of hydrogen-bond donors (Lipinski definition) is 2. The van der Waals surface area contributed by atoms with E-state index in [1.807, 2.05) is 6.07 Å². The number of nitrogens with one attached hydrogen (secondary N) is 1. The minimum absolute atomic E-state index is 0.161. The number of sulfonamides is 1. The third kappa shape index (κ3) is 3.18. The topological polar surface area (TPSA) is 90.2 Å². The first-order valence-corrected chi connectivity index (χ1v) is 8.13. The Morgan fingerprint density at radius 3 is 2.65 bits per heavy atom. The fraction of sp³-hybridized carbons (Fsp3) is 0.500. The summed E-state index contributed by atoms with van der Waals surface area (Å²) in [7, 11) is -3.67. The van der Waals surface area contributed by atoms with Crippen LogP contribution in [-0.4, -0.2) is 25.7 Å².